The van der Waals surface area contributed by atoms with Gasteiger partial charge in [0, 0.05) is 34.0 Å². The Morgan fingerprint density at radius 1 is 1.03 bits per heavy atom. The molecule has 1 aromatic carbocycles. The van der Waals surface area contributed by atoms with Crippen LogP contribution >= 0.6 is 15.9 Å². The summed E-state index contributed by atoms with van der Waals surface area (Å²) in [5.74, 6) is 0.920. The summed E-state index contributed by atoms with van der Waals surface area (Å²) in [6.07, 6.45) is 5.04. The first kappa shape index (κ1) is 23.3. The average Bonchev–Trinajstić information content (AvgIpc) is 2.82. The van der Waals surface area contributed by atoms with Crippen LogP contribution in [0.2, 0.25) is 0 Å². The maximum Gasteiger partial charge on any atom is 0.254 e. The first-order valence-electron chi connectivity index (χ1n) is 10.3. The fraction of sp³-hybridized carbons (Fsp3) is 0.208. The Bertz CT molecular complexity index is 1200. The Kier molecular flexibility index (Phi) is 7.83. The number of rotatable bonds is 5. The maximum absolute atomic E-state index is 13.4. The van der Waals surface area contributed by atoms with Crippen LogP contribution in [0.1, 0.15) is 41.3 Å². The third-order valence-corrected chi connectivity index (χ3v) is 5.14. The summed E-state index contributed by atoms with van der Waals surface area (Å²) in [4.78, 5) is 32.4. The van der Waals surface area contributed by atoms with Crippen molar-refractivity contribution in [2.75, 3.05) is 5.73 Å². The van der Waals surface area contributed by atoms with Gasteiger partial charge in [-0.2, -0.15) is 0 Å². The third-order valence-electron chi connectivity index (χ3n) is 4.67. The molecule has 0 saturated heterocycles. The Labute approximate surface area is 195 Å². The van der Waals surface area contributed by atoms with E-state index < -0.39 is 0 Å². The number of nitrogens with zero attached hydrogens (tertiary/aromatic N) is 5. The molecule has 2 N–H and O–H groups in total. The smallest absolute Gasteiger partial charge is 0.254 e. The predicted molar refractivity (Wildman–Crippen MR) is 130 cm³/mol. The van der Waals surface area contributed by atoms with Crippen LogP contribution in [0.15, 0.2) is 65.5 Å². The zero-order valence-electron chi connectivity index (χ0n) is 18.3. The molecule has 0 fully saturated rings. The highest BCUT2D eigenvalue weighted by molar-refractivity contribution is 9.10. The first-order chi connectivity index (χ1) is 15.5. The highest BCUT2D eigenvalue weighted by atomic mass is 79.9. The lowest BCUT2D eigenvalue weighted by Gasteiger charge is -2.22. The molecule has 0 bridgehead atoms. The number of carbonyl (C=O) groups excluding carboxylic acids is 1. The molecule has 3 heterocycles. The second-order valence-electron chi connectivity index (χ2n) is 6.89. The fourth-order valence-corrected chi connectivity index (χ4v) is 3.32. The molecule has 0 atom stereocenters. The average molecular weight is 493 g/mol. The number of aryl methyl sites for hydroxylation is 1. The van der Waals surface area contributed by atoms with Gasteiger partial charge in [0.15, 0.2) is 0 Å². The number of nitrogens with two attached hydrogens (primary N) is 1. The van der Waals surface area contributed by atoms with Gasteiger partial charge < -0.3 is 10.6 Å². The minimum Gasteiger partial charge on any atom is -0.383 e. The van der Waals surface area contributed by atoms with E-state index in [9.17, 15) is 4.79 Å². The zero-order valence-corrected chi connectivity index (χ0v) is 19.9. The number of amides is 1. The minimum absolute atomic E-state index is 0.136. The summed E-state index contributed by atoms with van der Waals surface area (Å²) in [6, 6.07) is 12.9. The van der Waals surface area contributed by atoms with Gasteiger partial charge in [0.05, 0.1) is 24.3 Å². The van der Waals surface area contributed by atoms with E-state index in [4.69, 9.17) is 5.73 Å². The number of benzene rings is 1. The highest BCUT2D eigenvalue weighted by Gasteiger charge is 2.19. The topological polar surface area (TPSA) is 97.9 Å². The molecule has 4 rings (SSSR count). The largest absolute Gasteiger partial charge is 0.383 e. The van der Waals surface area contributed by atoms with Crippen molar-refractivity contribution in [2.24, 2.45) is 0 Å². The van der Waals surface area contributed by atoms with E-state index in [0.717, 1.165) is 26.6 Å². The number of aromatic nitrogens is 4. The number of nitrogen functional groups attached to an aromatic ring is 1. The lowest BCUT2D eigenvalue weighted by Crippen LogP contribution is -2.31. The van der Waals surface area contributed by atoms with Crippen molar-refractivity contribution in [2.45, 2.75) is 33.9 Å². The Hall–Kier alpha value is -3.39. The third kappa shape index (κ3) is 5.64. The molecule has 0 unspecified atom stereocenters. The van der Waals surface area contributed by atoms with E-state index >= 15 is 0 Å². The molecule has 0 saturated carbocycles. The molecule has 7 nitrogen and oxygen atoms in total. The molecular weight excluding hydrogens is 468 g/mol. The molecular formula is C24H25BrN6O. The molecule has 164 valence electrons. The van der Waals surface area contributed by atoms with Gasteiger partial charge in [-0.05, 0) is 70.9 Å². The van der Waals surface area contributed by atoms with Crippen LogP contribution in [0.5, 0.6) is 0 Å². The van der Waals surface area contributed by atoms with Gasteiger partial charge in [0.1, 0.15) is 11.6 Å². The van der Waals surface area contributed by atoms with E-state index in [0.29, 0.717) is 23.8 Å². The fourth-order valence-electron chi connectivity index (χ4n) is 3.09. The number of anilines is 1. The molecule has 0 radical (unpaired) electrons. The van der Waals surface area contributed by atoms with E-state index in [2.05, 4.69) is 35.9 Å². The number of halogens is 1. The summed E-state index contributed by atoms with van der Waals surface area (Å²) < 4.78 is 0.882. The van der Waals surface area contributed by atoms with Crippen LogP contribution in [0.3, 0.4) is 0 Å². The van der Waals surface area contributed by atoms with E-state index in [1.807, 2.05) is 51.1 Å². The van der Waals surface area contributed by atoms with Crippen LogP contribution in [0.25, 0.3) is 10.9 Å². The second-order valence-corrected chi connectivity index (χ2v) is 7.81. The Balaban J connectivity index is 0.00000141. The molecule has 8 heteroatoms. The van der Waals surface area contributed by atoms with Gasteiger partial charge in [-0.15, -0.1) is 0 Å². The van der Waals surface area contributed by atoms with Gasteiger partial charge in [-0.1, -0.05) is 13.8 Å². The monoisotopic (exact) mass is 492 g/mol. The van der Waals surface area contributed by atoms with Gasteiger partial charge in [0.2, 0.25) is 0 Å². The van der Waals surface area contributed by atoms with Crippen LogP contribution in [-0.4, -0.2) is 30.7 Å². The number of pyridine rings is 2. The van der Waals surface area contributed by atoms with E-state index in [-0.39, 0.29) is 12.5 Å². The summed E-state index contributed by atoms with van der Waals surface area (Å²) in [5.41, 5.74) is 8.86. The quantitative estimate of drug-likeness (QED) is 0.423. The predicted octanol–water partition coefficient (Wildman–Crippen LogP) is 4.94. The summed E-state index contributed by atoms with van der Waals surface area (Å²) in [6.45, 7) is 6.50. The van der Waals surface area contributed by atoms with E-state index in [1.54, 1.807) is 35.6 Å². The highest BCUT2D eigenvalue weighted by Crippen LogP contribution is 2.21. The van der Waals surface area contributed by atoms with Crippen molar-refractivity contribution < 1.29 is 4.79 Å². The molecule has 3 aromatic heterocycles. The van der Waals surface area contributed by atoms with Gasteiger partial charge in [-0.25, -0.2) is 15.0 Å². The Morgan fingerprint density at radius 3 is 2.47 bits per heavy atom. The molecule has 0 aliphatic carbocycles. The summed E-state index contributed by atoms with van der Waals surface area (Å²) in [7, 11) is 0. The lowest BCUT2D eigenvalue weighted by molar-refractivity contribution is 0.0723. The lowest BCUT2D eigenvalue weighted by atomic mass is 10.1. The SMILES string of the molecule is CC.Cc1cc2cc(C(=O)N(Cc3ccc(Br)cn3)Cc3ncccn3)ccc2nc1N. The molecule has 0 spiro atoms. The molecule has 0 aliphatic rings. The van der Waals surface area contributed by atoms with Crippen molar-refractivity contribution in [3.63, 3.8) is 0 Å². The van der Waals surface area contributed by atoms with Gasteiger partial charge >= 0.3 is 0 Å². The normalized spacial score (nSPS) is 10.4. The summed E-state index contributed by atoms with van der Waals surface area (Å²) in [5, 5.41) is 0.866. The zero-order chi connectivity index (χ0) is 23.1. The molecule has 0 aliphatic heterocycles. The van der Waals surface area contributed by atoms with Crippen molar-refractivity contribution in [3.05, 3.63) is 88.2 Å². The molecule has 32 heavy (non-hydrogen) atoms. The van der Waals surface area contributed by atoms with Crippen LogP contribution in [0, 0.1) is 6.92 Å². The van der Waals surface area contributed by atoms with Gasteiger partial charge in [0.25, 0.3) is 5.91 Å². The van der Waals surface area contributed by atoms with Crippen molar-refractivity contribution in [3.8, 4) is 0 Å². The maximum atomic E-state index is 13.4. The van der Waals surface area contributed by atoms with Crippen LogP contribution < -0.4 is 5.73 Å². The summed E-state index contributed by atoms with van der Waals surface area (Å²) >= 11 is 3.39. The number of hydrogen-bond acceptors (Lipinski definition) is 6. The standard InChI is InChI=1S/C22H19BrN6O.C2H6/c1-14-9-16-10-15(3-6-19(16)28-21(14)24)22(30)29(13-20-25-7-2-8-26-20)12-18-5-4-17(23)11-27-18;1-2/h2-11H,12-13H2,1H3,(H2,24,28);1-2H3. The van der Waals surface area contributed by atoms with Gasteiger partial charge in [-0.3, -0.25) is 9.78 Å². The minimum atomic E-state index is -0.136. The number of fused-ring (bicyclic) bond motifs is 1. The molecule has 4 aromatic rings. The van der Waals surface area contributed by atoms with Crippen LogP contribution in [-0.2, 0) is 13.1 Å². The second kappa shape index (κ2) is 10.8. The number of carbonyl (C=O) groups is 1. The van der Waals surface area contributed by atoms with Crippen molar-refractivity contribution in [1.29, 1.82) is 0 Å². The van der Waals surface area contributed by atoms with Crippen LogP contribution in [0.4, 0.5) is 5.82 Å². The van der Waals surface area contributed by atoms with E-state index in [1.165, 1.54) is 0 Å². The number of hydrogen-bond donors (Lipinski definition) is 1. The van der Waals surface area contributed by atoms with Crippen molar-refractivity contribution in [1.82, 2.24) is 24.8 Å². The molecule has 1 amide bonds. The Morgan fingerprint density at radius 2 is 1.78 bits per heavy atom. The first-order valence-corrected chi connectivity index (χ1v) is 11.1. The van der Waals surface area contributed by atoms with Crippen molar-refractivity contribution >= 4 is 38.6 Å².